The van der Waals surface area contributed by atoms with Crippen LogP contribution < -0.4 is 14.8 Å². The number of benzene rings is 1. The lowest BCUT2D eigenvalue weighted by atomic mass is 10.0. The van der Waals surface area contributed by atoms with Gasteiger partial charge < -0.3 is 19.5 Å². The van der Waals surface area contributed by atoms with Crippen molar-refractivity contribution in [2.24, 2.45) is 5.92 Å². The molecule has 1 N–H and O–H groups in total. The van der Waals surface area contributed by atoms with E-state index < -0.39 is 0 Å². The van der Waals surface area contributed by atoms with E-state index >= 15 is 0 Å². The quantitative estimate of drug-likeness (QED) is 0.742. The number of methoxy groups -OCH3 is 1. The highest BCUT2D eigenvalue weighted by atomic mass is 16.5. The maximum absolute atomic E-state index is 5.71. The minimum Gasteiger partial charge on any atom is -0.497 e. The first-order valence-corrected chi connectivity index (χ1v) is 7.44. The molecule has 1 aliphatic heterocycles. The van der Waals surface area contributed by atoms with Crippen molar-refractivity contribution in [3.05, 3.63) is 24.3 Å². The van der Waals surface area contributed by atoms with Crippen molar-refractivity contribution >= 4 is 0 Å². The van der Waals surface area contributed by atoms with Gasteiger partial charge in [-0.15, -0.1) is 0 Å². The summed E-state index contributed by atoms with van der Waals surface area (Å²) in [5.41, 5.74) is 0. The number of hydrogen-bond donors (Lipinski definition) is 1. The van der Waals surface area contributed by atoms with E-state index in [0.717, 1.165) is 44.2 Å². The molecule has 1 aromatic rings. The molecule has 0 spiro atoms. The van der Waals surface area contributed by atoms with Gasteiger partial charge in [-0.3, -0.25) is 0 Å². The lowest BCUT2D eigenvalue weighted by Gasteiger charge is -2.22. The number of piperidine rings is 1. The second kappa shape index (κ2) is 8.82. The van der Waals surface area contributed by atoms with Gasteiger partial charge in [0.1, 0.15) is 11.5 Å². The smallest absolute Gasteiger partial charge is 0.119 e. The van der Waals surface area contributed by atoms with E-state index in [1.54, 1.807) is 7.11 Å². The number of ether oxygens (including phenoxy) is 3. The molecule has 1 unspecified atom stereocenters. The standard InChI is InChI=1S/C16H25NO3/c1-18-15-5-7-16(8-6-15)20-11-3-10-19-13-14-4-2-9-17-12-14/h5-8,14,17H,2-4,9-13H2,1H3. The summed E-state index contributed by atoms with van der Waals surface area (Å²) in [5.74, 6) is 2.41. The van der Waals surface area contributed by atoms with Gasteiger partial charge >= 0.3 is 0 Å². The molecule has 20 heavy (non-hydrogen) atoms. The van der Waals surface area contributed by atoms with Crippen LogP contribution >= 0.6 is 0 Å². The second-order valence-electron chi connectivity index (χ2n) is 5.16. The minimum atomic E-state index is 0.686. The zero-order chi connectivity index (χ0) is 14.0. The zero-order valence-electron chi connectivity index (χ0n) is 12.3. The molecule has 0 saturated carbocycles. The summed E-state index contributed by atoms with van der Waals surface area (Å²) >= 11 is 0. The van der Waals surface area contributed by atoms with Crippen LogP contribution in [0.4, 0.5) is 0 Å². The van der Waals surface area contributed by atoms with Crippen molar-refractivity contribution in [3.8, 4) is 11.5 Å². The van der Waals surface area contributed by atoms with E-state index in [1.807, 2.05) is 24.3 Å². The lowest BCUT2D eigenvalue weighted by molar-refractivity contribution is 0.0807. The fourth-order valence-electron chi connectivity index (χ4n) is 2.34. The van der Waals surface area contributed by atoms with Gasteiger partial charge in [0, 0.05) is 19.6 Å². The van der Waals surface area contributed by atoms with Crippen molar-refractivity contribution < 1.29 is 14.2 Å². The van der Waals surface area contributed by atoms with Crippen LogP contribution in [0.25, 0.3) is 0 Å². The molecule has 4 heteroatoms. The maximum Gasteiger partial charge on any atom is 0.119 e. The van der Waals surface area contributed by atoms with Crippen LogP contribution in [0.5, 0.6) is 11.5 Å². The van der Waals surface area contributed by atoms with Crippen LogP contribution in [0.3, 0.4) is 0 Å². The first kappa shape index (κ1) is 15.1. The molecule has 1 atom stereocenters. The van der Waals surface area contributed by atoms with Crippen molar-refractivity contribution in [1.29, 1.82) is 0 Å². The highest BCUT2D eigenvalue weighted by Gasteiger charge is 2.12. The van der Waals surface area contributed by atoms with Crippen molar-refractivity contribution in [2.45, 2.75) is 19.3 Å². The maximum atomic E-state index is 5.71. The Labute approximate surface area is 121 Å². The van der Waals surface area contributed by atoms with Gasteiger partial charge in [-0.05, 0) is 49.6 Å². The summed E-state index contributed by atoms with van der Waals surface area (Å²) in [4.78, 5) is 0. The molecular weight excluding hydrogens is 254 g/mol. The van der Waals surface area contributed by atoms with Crippen LogP contribution in [0, 0.1) is 5.92 Å². The first-order chi connectivity index (χ1) is 9.88. The van der Waals surface area contributed by atoms with Gasteiger partial charge in [0.15, 0.2) is 0 Å². The van der Waals surface area contributed by atoms with Gasteiger partial charge in [0.25, 0.3) is 0 Å². The lowest BCUT2D eigenvalue weighted by Crippen LogP contribution is -2.32. The highest BCUT2D eigenvalue weighted by molar-refractivity contribution is 5.31. The molecule has 0 amide bonds. The normalized spacial score (nSPS) is 18.8. The van der Waals surface area contributed by atoms with Gasteiger partial charge in [0.2, 0.25) is 0 Å². The Morgan fingerprint density at radius 1 is 1.15 bits per heavy atom. The molecule has 4 nitrogen and oxygen atoms in total. The molecule has 0 aliphatic carbocycles. The molecule has 0 bridgehead atoms. The Hall–Kier alpha value is -1.26. The van der Waals surface area contributed by atoms with E-state index in [-0.39, 0.29) is 0 Å². The van der Waals surface area contributed by atoms with Crippen molar-refractivity contribution in [1.82, 2.24) is 5.32 Å². The topological polar surface area (TPSA) is 39.7 Å². The summed E-state index contributed by atoms with van der Waals surface area (Å²) < 4.78 is 16.5. The Morgan fingerprint density at radius 2 is 1.95 bits per heavy atom. The second-order valence-corrected chi connectivity index (χ2v) is 5.16. The van der Waals surface area contributed by atoms with Crippen LogP contribution in [0.15, 0.2) is 24.3 Å². The summed E-state index contributed by atoms with van der Waals surface area (Å²) in [6, 6.07) is 7.66. The largest absolute Gasteiger partial charge is 0.497 e. The van der Waals surface area contributed by atoms with Gasteiger partial charge in [-0.2, -0.15) is 0 Å². The molecule has 0 radical (unpaired) electrons. The van der Waals surface area contributed by atoms with E-state index in [9.17, 15) is 0 Å². The van der Waals surface area contributed by atoms with Crippen molar-refractivity contribution in [3.63, 3.8) is 0 Å². The Morgan fingerprint density at radius 3 is 2.65 bits per heavy atom. The van der Waals surface area contributed by atoms with Crippen LogP contribution in [0.2, 0.25) is 0 Å². The van der Waals surface area contributed by atoms with Crippen LogP contribution in [-0.4, -0.2) is 40.0 Å². The highest BCUT2D eigenvalue weighted by Crippen LogP contribution is 2.17. The minimum absolute atomic E-state index is 0.686. The summed E-state index contributed by atoms with van der Waals surface area (Å²) in [7, 11) is 1.66. The van der Waals surface area contributed by atoms with Crippen LogP contribution in [-0.2, 0) is 4.74 Å². The Kier molecular flexibility index (Phi) is 6.68. The molecule has 1 fully saturated rings. The van der Waals surface area contributed by atoms with E-state index in [2.05, 4.69) is 5.32 Å². The third-order valence-electron chi connectivity index (χ3n) is 3.51. The van der Waals surface area contributed by atoms with Crippen molar-refractivity contribution in [2.75, 3.05) is 40.0 Å². The number of hydrogen-bond acceptors (Lipinski definition) is 4. The summed E-state index contributed by atoms with van der Waals surface area (Å²) in [5, 5.41) is 3.40. The molecule has 1 aromatic carbocycles. The first-order valence-electron chi connectivity index (χ1n) is 7.44. The number of rotatable bonds is 8. The molecule has 0 aromatic heterocycles. The summed E-state index contributed by atoms with van der Waals surface area (Å²) in [6.45, 7) is 4.59. The Bertz CT molecular complexity index is 360. The molecule has 112 valence electrons. The Balaban J connectivity index is 1.50. The molecule has 1 saturated heterocycles. The van der Waals surface area contributed by atoms with Gasteiger partial charge in [-0.1, -0.05) is 0 Å². The zero-order valence-corrected chi connectivity index (χ0v) is 12.3. The third-order valence-corrected chi connectivity index (χ3v) is 3.51. The van der Waals surface area contributed by atoms with Gasteiger partial charge in [-0.25, -0.2) is 0 Å². The fourth-order valence-corrected chi connectivity index (χ4v) is 2.34. The molecule has 2 rings (SSSR count). The van der Waals surface area contributed by atoms with Gasteiger partial charge in [0.05, 0.1) is 20.3 Å². The SMILES string of the molecule is COc1ccc(OCCCOCC2CCCNC2)cc1. The number of nitrogens with one attached hydrogen (secondary N) is 1. The summed E-state index contributed by atoms with van der Waals surface area (Å²) in [6.07, 6.45) is 3.48. The predicted octanol–water partition coefficient (Wildman–Crippen LogP) is 2.48. The molecule has 1 aliphatic rings. The van der Waals surface area contributed by atoms with E-state index in [4.69, 9.17) is 14.2 Å². The van der Waals surface area contributed by atoms with E-state index in [0.29, 0.717) is 12.5 Å². The fraction of sp³-hybridized carbons (Fsp3) is 0.625. The monoisotopic (exact) mass is 279 g/mol. The van der Waals surface area contributed by atoms with Crippen LogP contribution in [0.1, 0.15) is 19.3 Å². The van der Waals surface area contributed by atoms with E-state index in [1.165, 1.54) is 12.8 Å². The molecular formula is C16H25NO3. The predicted molar refractivity (Wildman–Crippen MR) is 79.5 cm³/mol. The average molecular weight is 279 g/mol. The third kappa shape index (κ3) is 5.39. The molecule has 1 heterocycles. The average Bonchev–Trinajstić information content (AvgIpc) is 2.52.